The Hall–Kier alpha value is -5.34. The average molecular weight is 763 g/mol. The third kappa shape index (κ3) is 7.53. The van der Waals surface area contributed by atoms with Gasteiger partial charge in [0.2, 0.25) is 17.6 Å². The van der Waals surface area contributed by atoms with Crippen molar-refractivity contribution in [3.8, 4) is 30.1 Å². The number of aromatic hydroxyl groups is 2. The Morgan fingerprint density at radius 1 is 0.833 bits per heavy atom. The number of terminal acetylenes is 1. The predicted molar refractivity (Wildman–Crippen MR) is 191 cm³/mol. The van der Waals surface area contributed by atoms with Crippen LogP contribution >= 0.6 is 11.8 Å². The lowest BCUT2D eigenvalue weighted by atomic mass is 9.74. The maximum Gasteiger partial charge on any atom is 0.253 e. The van der Waals surface area contributed by atoms with Crippen molar-refractivity contribution >= 4 is 52.7 Å². The van der Waals surface area contributed by atoms with Crippen molar-refractivity contribution in [2.45, 2.75) is 30.6 Å². The lowest BCUT2D eigenvalue weighted by Crippen LogP contribution is -2.35. The van der Waals surface area contributed by atoms with Crippen molar-refractivity contribution in [3.05, 3.63) is 63.7 Å². The van der Waals surface area contributed by atoms with Crippen molar-refractivity contribution in [3.63, 3.8) is 0 Å². The summed E-state index contributed by atoms with van der Waals surface area (Å²) in [5.41, 5.74) is -0.453. The highest BCUT2D eigenvalue weighted by atomic mass is 32.2. The number of benzene rings is 2. The van der Waals surface area contributed by atoms with E-state index in [4.69, 9.17) is 18.9 Å². The zero-order valence-electron chi connectivity index (χ0n) is 29.5. The third-order valence-corrected chi connectivity index (χ3v) is 10.8. The van der Waals surface area contributed by atoms with E-state index in [2.05, 4.69) is 12.8 Å². The van der Waals surface area contributed by atoms with Crippen LogP contribution < -0.4 is 4.74 Å². The lowest BCUT2D eigenvalue weighted by Gasteiger charge is -2.33. The Kier molecular flexibility index (Phi) is 12.7. The molecule has 2 unspecified atom stereocenters. The maximum absolute atomic E-state index is 13.6. The maximum atomic E-state index is 13.6. The molecule has 0 radical (unpaired) electrons. The van der Waals surface area contributed by atoms with Gasteiger partial charge in [0.25, 0.3) is 11.8 Å². The summed E-state index contributed by atoms with van der Waals surface area (Å²) in [5.74, 6) is -4.94. The van der Waals surface area contributed by atoms with Crippen LogP contribution in [0.1, 0.15) is 61.9 Å². The summed E-state index contributed by atoms with van der Waals surface area (Å²) in [5, 5.41) is 22.1. The molecule has 0 spiro atoms. The molecule has 2 N–H and O–H groups in total. The Morgan fingerprint density at radius 2 is 1.46 bits per heavy atom. The highest BCUT2D eigenvalue weighted by Crippen LogP contribution is 2.51. The number of hydrogen-bond donors (Lipinski definition) is 2. The highest BCUT2D eigenvalue weighted by molar-refractivity contribution is 8.01. The number of carbonyl (C=O) groups excluding carboxylic acids is 7. The van der Waals surface area contributed by atoms with E-state index in [0.29, 0.717) is 0 Å². The van der Waals surface area contributed by atoms with E-state index in [1.54, 1.807) is 0 Å². The molecule has 4 aliphatic rings. The van der Waals surface area contributed by atoms with Crippen LogP contribution in [0.5, 0.6) is 17.2 Å². The Morgan fingerprint density at radius 3 is 2.09 bits per heavy atom. The first-order valence-electron chi connectivity index (χ1n) is 16.9. The number of likely N-dealkylation sites (tertiary alicyclic amines) is 1. The second-order valence-electron chi connectivity index (χ2n) is 12.5. The molecule has 1 saturated heterocycles. The Bertz CT molecular complexity index is 1940. The molecule has 2 aromatic carbocycles. The van der Waals surface area contributed by atoms with Gasteiger partial charge in [0, 0.05) is 48.3 Å². The minimum atomic E-state index is -0.896. The molecule has 2 aliphatic carbocycles. The lowest BCUT2D eigenvalue weighted by molar-refractivity contribution is -0.140. The molecule has 15 nitrogen and oxygen atoms in total. The topological polar surface area (TPSA) is 203 Å². The normalized spacial score (nSPS) is 20.1. The number of phenols is 2. The van der Waals surface area contributed by atoms with Crippen molar-refractivity contribution in [1.29, 1.82) is 0 Å². The van der Waals surface area contributed by atoms with Crippen LogP contribution in [-0.2, 0) is 44.6 Å². The molecule has 1 fully saturated rings. The van der Waals surface area contributed by atoms with E-state index in [9.17, 15) is 43.8 Å². The number of imide groups is 2. The van der Waals surface area contributed by atoms with Gasteiger partial charge in [-0.15, -0.1) is 24.6 Å². The largest absolute Gasteiger partial charge is 0.507 e. The molecular weight excluding hydrogens is 724 g/mol. The van der Waals surface area contributed by atoms with Gasteiger partial charge in [-0.2, -0.15) is 0 Å². The number of fused-ring (bicyclic) bond motifs is 3. The minimum Gasteiger partial charge on any atom is -0.507 e. The van der Waals surface area contributed by atoms with Gasteiger partial charge in [-0.3, -0.25) is 43.4 Å². The summed E-state index contributed by atoms with van der Waals surface area (Å²) in [6.07, 6.45) is 9.46. The fourth-order valence-corrected chi connectivity index (χ4v) is 8.07. The summed E-state index contributed by atoms with van der Waals surface area (Å²) < 4.78 is 21.8. The first kappa shape index (κ1) is 39.9. The molecule has 16 heteroatoms. The number of ketones is 3. The summed E-state index contributed by atoms with van der Waals surface area (Å²) in [4.78, 5) is 91.7. The van der Waals surface area contributed by atoms with Crippen molar-refractivity contribution < 1.29 is 62.7 Å². The van der Waals surface area contributed by atoms with Crippen molar-refractivity contribution in [2.75, 3.05) is 59.5 Å². The summed E-state index contributed by atoms with van der Waals surface area (Å²) in [6, 6.07) is 4.49. The molecule has 0 bridgehead atoms. The van der Waals surface area contributed by atoms with Crippen molar-refractivity contribution in [2.24, 2.45) is 5.92 Å². The number of hydrogen-bond acceptors (Lipinski definition) is 14. The number of Topliss-reactive ketones (excluding diaryl/α,β-unsaturated/α-hetero) is 1. The average Bonchev–Trinajstić information content (AvgIpc) is 3.65. The van der Waals surface area contributed by atoms with Gasteiger partial charge in [0.05, 0.1) is 80.4 Å². The minimum absolute atomic E-state index is 0.0146. The molecule has 2 aromatic rings. The number of amides is 4. The van der Waals surface area contributed by atoms with Crippen LogP contribution in [0.25, 0.3) is 0 Å². The predicted octanol–water partition coefficient (Wildman–Crippen LogP) is 1.77. The smallest absolute Gasteiger partial charge is 0.253 e. The monoisotopic (exact) mass is 762 g/mol. The van der Waals surface area contributed by atoms with Crippen LogP contribution in [0.4, 0.5) is 0 Å². The van der Waals surface area contributed by atoms with Gasteiger partial charge < -0.3 is 29.2 Å². The zero-order chi connectivity index (χ0) is 39.3. The molecule has 3 atom stereocenters. The van der Waals surface area contributed by atoms with Crippen LogP contribution in [0, 0.1) is 18.8 Å². The molecule has 54 heavy (non-hydrogen) atoms. The molecular formula is C38H38N2O13S. The summed E-state index contributed by atoms with van der Waals surface area (Å²) in [6.45, 7) is 0.688. The third-order valence-electron chi connectivity index (χ3n) is 9.59. The SMILES string of the molecule is C#C.COc1cccc2c1C(=O)c1c(O)c3c(c(O)c1C2=O)CC(C(=O)CSC1CC(=O)N(CCOCCOCCN2C(=O)C=CC2=O)C1=O)C[C@@H]3OC. The number of carbonyl (C=O) groups is 7. The van der Waals surface area contributed by atoms with Gasteiger partial charge in [-0.25, -0.2) is 0 Å². The number of nitrogens with zero attached hydrogens (tertiary/aromatic N) is 2. The van der Waals surface area contributed by atoms with Crippen LogP contribution in [0.15, 0.2) is 30.4 Å². The quantitative estimate of drug-likeness (QED) is 0.0981. The van der Waals surface area contributed by atoms with Crippen LogP contribution in [-0.4, -0.2) is 126 Å². The number of ether oxygens (including phenoxy) is 4. The molecule has 0 saturated carbocycles. The van der Waals surface area contributed by atoms with Gasteiger partial charge in [-0.1, -0.05) is 12.1 Å². The number of methoxy groups -OCH3 is 2. The number of thioether (sulfide) groups is 1. The second kappa shape index (κ2) is 17.2. The number of rotatable bonds is 15. The molecule has 284 valence electrons. The fourth-order valence-electron chi connectivity index (χ4n) is 6.94. The summed E-state index contributed by atoms with van der Waals surface area (Å²) in [7, 11) is 2.72. The first-order valence-corrected chi connectivity index (χ1v) is 17.9. The van der Waals surface area contributed by atoms with Gasteiger partial charge in [-0.05, 0) is 18.9 Å². The molecule has 0 aromatic heterocycles. The van der Waals surface area contributed by atoms with Gasteiger partial charge in [0.1, 0.15) is 23.0 Å². The van der Waals surface area contributed by atoms with Crippen LogP contribution in [0.2, 0.25) is 0 Å². The Labute approximate surface area is 314 Å². The van der Waals surface area contributed by atoms with Gasteiger partial charge in [0.15, 0.2) is 5.78 Å². The highest BCUT2D eigenvalue weighted by Gasteiger charge is 2.44. The Balaban J connectivity index is 0.00000276. The zero-order valence-corrected chi connectivity index (χ0v) is 30.3. The summed E-state index contributed by atoms with van der Waals surface area (Å²) >= 11 is 1.04. The number of phenolic OH excluding ortho intramolecular Hbond substituents is 2. The molecule has 6 rings (SSSR count). The van der Waals surface area contributed by atoms with E-state index >= 15 is 0 Å². The standard InChI is InChI=1S/C36H36N2O13S.C2H2/c1-48-22-5-3-4-19-28(22)34(45)31-30(32(19)43)33(44)20-14-18(15-23(49-2)29(20)35(31)46)21(39)17-52-24-16-27(42)38(36(24)47)9-11-51-13-12-50-10-8-37-25(40)6-7-26(37)41;1-2/h3-7,18,23-24,44,46H,8-17H2,1-2H3;1-2H/t18?,23-,24?;/m0./s1. The van der Waals surface area contributed by atoms with Gasteiger partial charge >= 0.3 is 0 Å². The van der Waals surface area contributed by atoms with E-state index in [0.717, 1.165) is 21.6 Å². The molecule has 4 amide bonds. The van der Waals surface area contributed by atoms with Crippen LogP contribution in [0.3, 0.4) is 0 Å². The van der Waals surface area contributed by atoms with Crippen molar-refractivity contribution in [1.82, 2.24) is 9.80 Å². The second-order valence-corrected chi connectivity index (χ2v) is 13.7. The van der Waals surface area contributed by atoms with E-state index in [-0.39, 0.29) is 109 Å². The first-order chi connectivity index (χ1) is 26.0. The molecule has 2 heterocycles. The van der Waals surface area contributed by atoms with E-state index in [1.165, 1.54) is 44.6 Å². The molecule has 2 aliphatic heterocycles. The fraction of sp³-hybridized carbons (Fsp3) is 0.395. The van der Waals surface area contributed by atoms with E-state index in [1.807, 2.05) is 0 Å². The van der Waals surface area contributed by atoms with E-state index < -0.39 is 64.0 Å².